The number of nitrogens with zero attached hydrogens (tertiary/aromatic N) is 2. The lowest BCUT2D eigenvalue weighted by molar-refractivity contribution is 0.203. The third-order valence-electron chi connectivity index (χ3n) is 3.77. The van der Waals surface area contributed by atoms with Gasteiger partial charge in [0.1, 0.15) is 5.82 Å². The summed E-state index contributed by atoms with van der Waals surface area (Å²) < 4.78 is 13.4. The van der Waals surface area contributed by atoms with Crippen LogP contribution < -0.4 is 5.73 Å². The minimum absolute atomic E-state index is 0.0856. The molecule has 1 heterocycles. The number of rotatable bonds is 6. The number of pyridine rings is 1. The minimum Gasteiger partial charge on any atom is -0.329 e. The first-order valence-corrected chi connectivity index (χ1v) is 7.24. The molecule has 0 amide bonds. The van der Waals surface area contributed by atoms with E-state index in [0.29, 0.717) is 12.1 Å². The molecule has 0 fully saturated rings. The largest absolute Gasteiger partial charge is 0.329 e. The van der Waals surface area contributed by atoms with Crippen molar-refractivity contribution in [3.05, 3.63) is 65.2 Å². The molecule has 3 nitrogen and oxygen atoms in total. The zero-order valence-electron chi connectivity index (χ0n) is 12.6. The highest BCUT2D eigenvalue weighted by atomic mass is 19.1. The monoisotopic (exact) mass is 287 g/mol. The van der Waals surface area contributed by atoms with Crippen LogP contribution in [-0.2, 0) is 6.54 Å². The van der Waals surface area contributed by atoms with E-state index in [1.165, 1.54) is 11.6 Å². The van der Waals surface area contributed by atoms with Crippen LogP contribution in [0.1, 0.15) is 29.7 Å². The third-order valence-corrected chi connectivity index (χ3v) is 3.77. The summed E-state index contributed by atoms with van der Waals surface area (Å²) in [5, 5.41) is 0. The van der Waals surface area contributed by atoms with Crippen LogP contribution >= 0.6 is 0 Å². The minimum atomic E-state index is -0.174. The van der Waals surface area contributed by atoms with E-state index in [9.17, 15) is 4.39 Å². The molecule has 112 valence electrons. The number of aromatic nitrogens is 1. The Morgan fingerprint density at radius 2 is 1.95 bits per heavy atom. The Hall–Kier alpha value is -1.78. The summed E-state index contributed by atoms with van der Waals surface area (Å²) >= 11 is 0. The normalized spacial score (nSPS) is 12.6. The second-order valence-electron chi connectivity index (χ2n) is 5.18. The van der Waals surface area contributed by atoms with Crippen LogP contribution in [0.25, 0.3) is 0 Å². The van der Waals surface area contributed by atoms with Crippen LogP contribution in [0.4, 0.5) is 4.39 Å². The highest BCUT2D eigenvalue weighted by Gasteiger charge is 2.18. The van der Waals surface area contributed by atoms with E-state index >= 15 is 0 Å². The van der Waals surface area contributed by atoms with Gasteiger partial charge >= 0.3 is 0 Å². The van der Waals surface area contributed by atoms with E-state index in [-0.39, 0.29) is 11.9 Å². The molecule has 0 radical (unpaired) electrons. The molecule has 21 heavy (non-hydrogen) atoms. The second-order valence-corrected chi connectivity index (χ2v) is 5.18. The smallest absolute Gasteiger partial charge is 0.126 e. The lowest BCUT2D eigenvalue weighted by Gasteiger charge is -2.30. The maximum Gasteiger partial charge on any atom is 0.126 e. The number of halogens is 1. The number of likely N-dealkylation sites (N-methyl/N-ethyl adjacent to an activating group) is 1. The van der Waals surface area contributed by atoms with E-state index < -0.39 is 0 Å². The summed E-state index contributed by atoms with van der Waals surface area (Å²) in [5.74, 6) is -0.174. The molecule has 0 aliphatic heterocycles. The fourth-order valence-electron chi connectivity index (χ4n) is 2.54. The van der Waals surface area contributed by atoms with Gasteiger partial charge in [0.25, 0.3) is 0 Å². The summed E-state index contributed by atoms with van der Waals surface area (Å²) in [4.78, 5) is 6.33. The van der Waals surface area contributed by atoms with Gasteiger partial charge in [-0.05, 0) is 48.4 Å². The number of hydrogen-bond acceptors (Lipinski definition) is 3. The van der Waals surface area contributed by atoms with Gasteiger partial charge in [0.05, 0.1) is 0 Å². The molecular formula is C17H22FN3. The van der Waals surface area contributed by atoms with Crippen molar-refractivity contribution in [2.75, 3.05) is 13.1 Å². The quantitative estimate of drug-likeness (QED) is 0.888. The SMILES string of the molecule is CCN(Cc1ccncc1)C(CN)c1ccc(F)c(C)c1. The summed E-state index contributed by atoms with van der Waals surface area (Å²) in [6.45, 7) is 6.08. The molecule has 4 heteroatoms. The van der Waals surface area contributed by atoms with Gasteiger partial charge < -0.3 is 5.73 Å². The lowest BCUT2D eigenvalue weighted by atomic mass is 10.0. The van der Waals surface area contributed by atoms with Gasteiger partial charge in [-0.15, -0.1) is 0 Å². The van der Waals surface area contributed by atoms with Gasteiger partial charge in [-0.3, -0.25) is 9.88 Å². The average Bonchev–Trinajstić information content (AvgIpc) is 2.51. The predicted octanol–water partition coefficient (Wildman–Crippen LogP) is 3.05. The van der Waals surface area contributed by atoms with Crippen LogP contribution in [-0.4, -0.2) is 23.0 Å². The van der Waals surface area contributed by atoms with Crippen molar-refractivity contribution >= 4 is 0 Å². The second kappa shape index (κ2) is 7.29. The number of nitrogens with two attached hydrogens (primary N) is 1. The van der Waals surface area contributed by atoms with Crippen molar-refractivity contribution < 1.29 is 4.39 Å². The first kappa shape index (κ1) is 15.6. The van der Waals surface area contributed by atoms with Crippen molar-refractivity contribution in [1.29, 1.82) is 0 Å². The standard InChI is InChI=1S/C17H22FN3/c1-3-21(12-14-6-8-20-9-7-14)17(11-19)15-4-5-16(18)13(2)10-15/h4-10,17H,3,11-12,19H2,1-2H3. The fourth-order valence-corrected chi connectivity index (χ4v) is 2.54. The maximum absolute atomic E-state index is 13.4. The lowest BCUT2D eigenvalue weighted by Crippen LogP contribution is -2.33. The van der Waals surface area contributed by atoms with Crippen molar-refractivity contribution in [2.45, 2.75) is 26.4 Å². The highest BCUT2D eigenvalue weighted by molar-refractivity contribution is 5.27. The zero-order valence-corrected chi connectivity index (χ0v) is 12.6. The summed E-state index contributed by atoms with van der Waals surface area (Å²) in [6, 6.07) is 9.34. The van der Waals surface area contributed by atoms with Gasteiger partial charge in [-0.1, -0.05) is 19.1 Å². The Kier molecular flexibility index (Phi) is 5.42. The number of benzene rings is 1. The van der Waals surface area contributed by atoms with Crippen LogP contribution in [0.3, 0.4) is 0 Å². The Bertz CT molecular complexity index is 572. The Morgan fingerprint density at radius 3 is 2.52 bits per heavy atom. The molecule has 2 rings (SSSR count). The summed E-state index contributed by atoms with van der Waals surface area (Å²) in [5.41, 5.74) is 8.89. The average molecular weight is 287 g/mol. The van der Waals surface area contributed by atoms with Gasteiger partial charge in [-0.2, -0.15) is 0 Å². The first-order valence-electron chi connectivity index (χ1n) is 7.24. The van der Waals surface area contributed by atoms with Crippen LogP contribution in [0, 0.1) is 12.7 Å². The van der Waals surface area contributed by atoms with E-state index in [0.717, 1.165) is 18.7 Å². The Labute approximate surface area is 125 Å². The fraction of sp³-hybridized carbons (Fsp3) is 0.353. The van der Waals surface area contributed by atoms with Crippen molar-refractivity contribution in [2.24, 2.45) is 5.73 Å². The molecular weight excluding hydrogens is 265 g/mol. The predicted molar refractivity (Wildman–Crippen MR) is 83.3 cm³/mol. The molecule has 0 aliphatic rings. The van der Waals surface area contributed by atoms with Crippen molar-refractivity contribution in [1.82, 2.24) is 9.88 Å². The topological polar surface area (TPSA) is 42.2 Å². The third kappa shape index (κ3) is 3.86. The van der Waals surface area contributed by atoms with Gasteiger partial charge in [0.2, 0.25) is 0 Å². The molecule has 1 atom stereocenters. The van der Waals surface area contributed by atoms with E-state index in [1.54, 1.807) is 19.3 Å². The maximum atomic E-state index is 13.4. The molecule has 1 unspecified atom stereocenters. The molecule has 2 aromatic rings. The highest BCUT2D eigenvalue weighted by Crippen LogP contribution is 2.23. The molecule has 1 aromatic carbocycles. The molecule has 0 aliphatic carbocycles. The van der Waals surface area contributed by atoms with Crippen LogP contribution in [0.5, 0.6) is 0 Å². The summed E-state index contributed by atoms with van der Waals surface area (Å²) in [7, 11) is 0. The molecule has 0 saturated heterocycles. The molecule has 2 N–H and O–H groups in total. The molecule has 1 aromatic heterocycles. The van der Waals surface area contributed by atoms with Crippen LogP contribution in [0.15, 0.2) is 42.7 Å². The van der Waals surface area contributed by atoms with E-state index in [1.807, 2.05) is 24.3 Å². The molecule has 0 spiro atoms. The van der Waals surface area contributed by atoms with Crippen LogP contribution in [0.2, 0.25) is 0 Å². The molecule has 0 bridgehead atoms. The van der Waals surface area contributed by atoms with E-state index in [4.69, 9.17) is 5.73 Å². The van der Waals surface area contributed by atoms with E-state index in [2.05, 4.69) is 16.8 Å². The van der Waals surface area contributed by atoms with Crippen molar-refractivity contribution in [3.63, 3.8) is 0 Å². The zero-order chi connectivity index (χ0) is 15.2. The Balaban J connectivity index is 2.22. The Morgan fingerprint density at radius 1 is 1.24 bits per heavy atom. The molecule has 0 saturated carbocycles. The number of hydrogen-bond donors (Lipinski definition) is 1. The number of aryl methyl sites for hydroxylation is 1. The summed E-state index contributed by atoms with van der Waals surface area (Å²) in [6.07, 6.45) is 3.59. The van der Waals surface area contributed by atoms with Gasteiger partial charge in [-0.25, -0.2) is 4.39 Å². The first-order chi connectivity index (χ1) is 10.2. The van der Waals surface area contributed by atoms with Gasteiger partial charge in [0, 0.05) is 31.5 Å². The van der Waals surface area contributed by atoms with Gasteiger partial charge in [0.15, 0.2) is 0 Å². The van der Waals surface area contributed by atoms with Crippen molar-refractivity contribution in [3.8, 4) is 0 Å².